The van der Waals surface area contributed by atoms with Crippen LogP contribution in [-0.4, -0.2) is 4.98 Å². The minimum atomic E-state index is 0.808. The summed E-state index contributed by atoms with van der Waals surface area (Å²) in [6, 6.07) is 62.1. The van der Waals surface area contributed by atoms with E-state index < -0.39 is 0 Å². The van der Waals surface area contributed by atoms with E-state index in [4.69, 9.17) is 9.40 Å². The molecule has 0 spiro atoms. The standard InChI is InChI=1S/C45H30N2O/c1-3-10-31(11-4-1)33-18-20-34(21-19-33)35-22-25-38(26-23-35)47(39-15-9-14-36(28-39)32-12-5-2-6-13-32)40-27-24-37-30-46-44-41-16-7-8-17-43(41)48-45(44)42(37)29-40/h1-30H. The van der Waals surface area contributed by atoms with Gasteiger partial charge in [0.05, 0.1) is 0 Å². The summed E-state index contributed by atoms with van der Waals surface area (Å²) in [5.41, 5.74) is 12.9. The number of hydrogen-bond donors (Lipinski definition) is 0. The van der Waals surface area contributed by atoms with Crippen LogP contribution in [0.25, 0.3) is 66.2 Å². The quantitative estimate of drug-likeness (QED) is 0.187. The monoisotopic (exact) mass is 614 g/mol. The van der Waals surface area contributed by atoms with Crippen LogP contribution >= 0.6 is 0 Å². The first-order chi connectivity index (χ1) is 23.8. The number of anilines is 3. The third-order valence-electron chi connectivity index (χ3n) is 9.10. The SMILES string of the molecule is c1ccc(-c2ccc(-c3ccc(N(c4cccc(-c5ccccc5)c4)c4ccc5cnc6c7ccccc7oc6c5c4)cc3)cc2)cc1. The molecule has 7 aromatic carbocycles. The lowest BCUT2D eigenvalue weighted by Gasteiger charge is -2.26. The van der Waals surface area contributed by atoms with E-state index in [1.807, 2.05) is 24.4 Å². The van der Waals surface area contributed by atoms with Crippen LogP contribution in [-0.2, 0) is 0 Å². The van der Waals surface area contributed by atoms with Crippen LogP contribution in [0.1, 0.15) is 0 Å². The van der Waals surface area contributed by atoms with Gasteiger partial charge in [0.25, 0.3) is 0 Å². The van der Waals surface area contributed by atoms with Gasteiger partial charge in [0, 0.05) is 39.4 Å². The fourth-order valence-electron chi connectivity index (χ4n) is 6.66. The average Bonchev–Trinajstić information content (AvgIpc) is 3.56. The molecule has 0 unspecified atom stereocenters. The van der Waals surface area contributed by atoms with Crippen molar-refractivity contribution in [1.82, 2.24) is 4.98 Å². The maximum absolute atomic E-state index is 6.41. The second-order valence-corrected chi connectivity index (χ2v) is 12.0. The Balaban J connectivity index is 1.16. The zero-order chi connectivity index (χ0) is 31.9. The molecule has 3 heteroatoms. The van der Waals surface area contributed by atoms with Gasteiger partial charge in [-0.05, 0) is 81.9 Å². The van der Waals surface area contributed by atoms with Gasteiger partial charge in [-0.15, -0.1) is 0 Å². The Hall–Kier alpha value is -6.45. The normalized spacial score (nSPS) is 11.3. The fourth-order valence-corrected chi connectivity index (χ4v) is 6.66. The van der Waals surface area contributed by atoms with Crippen molar-refractivity contribution in [3.8, 4) is 33.4 Å². The first-order valence-electron chi connectivity index (χ1n) is 16.2. The molecule has 0 radical (unpaired) electrons. The predicted octanol–water partition coefficient (Wildman–Crippen LogP) is 12.6. The highest BCUT2D eigenvalue weighted by Gasteiger charge is 2.17. The van der Waals surface area contributed by atoms with E-state index in [2.05, 4.69) is 163 Å². The molecule has 2 aromatic heterocycles. The van der Waals surface area contributed by atoms with Crippen LogP contribution in [0.15, 0.2) is 187 Å². The van der Waals surface area contributed by atoms with Gasteiger partial charge in [0.1, 0.15) is 11.1 Å². The number of rotatable bonds is 6. The average molecular weight is 615 g/mol. The van der Waals surface area contributed by atoms with Gasteiger partial charge in [0.15, 0.2) is 5.58 Å². The molecule has 0 bridgehead atoms. The number of para-hydroxylation sites is 1. The lowest BCUT2D eigenvalue weighted by Crippen LogP contribution is -2.10. The van der Waals surface area contributed by atoms with Crippen molar-refractivity contribution in [3.05, 3.63) is 182 Å². The Kier molecular flexibility index (Phi) is 6.80. The van der Waals surface area contributed by atoms with E-state index >= 15 is 0 Å². The number of furan rings is 1. The zero-order valence-corrected chi connectivity index (χ0v) is 26.1. The van der Waals surface area contributed by atoms with Crippen LogP contribution in [0.4, 0.5) is 17.1 Å². The molecule has 0 fully saturated rings. The summed E-state index contributed by atoms with van der Waals surface area (Å²) in [4.78, 5) is 7.11. The lowest BCUT2D eigenvalue weighted by atomic mass is 10.00. The molecule has 0 aliphatic heterocycles. The van der Waals surface area contributed by atoms with Crippen molar-refractivity contribution in [2.24, 2.45) is 0 Å². The van der Waals surface area contributed by atoms with Gasteiger partial charge >= 0.3 is 0 Å². The molecule has 48 heavy (non-hydrogen) atoms. The topological polar surface area (TPSA) is 29.3 Å². The molecule has 0 aliphatic carbocycles. The lowest BCUT2D eigenvalue weighted by molar-refractivity contribution is 0.672. The minimum Gasteiger partial charge on any atom is -0.454 e. The molecule has 9 aromatic rings. The summed E-state index contributed by atoms with van der Waals surface area (Å²) in [5, 5.41) is 3.10. The number of benzene rings is 7. The van der Waals surface area contributed by atoms with Crippen LogP contribution in [0.3, 0.4) is 0 Å². The summed E-state index contributed by atoms with van der Waals surface area (Å²) >= 11 is 0. The van der Waals surface area contributed by atoms with Crippen molar-refractivity contribution in [3.63, 3.8) is 0 Å². The van der Waals surface area contributed by atoms with E-state index in [-0.39, 0.29) is 0 Å². The molecule has 0 saturated heterocycles. The number of hydrogen-bond acceptors (Lipinski definition) is 3. The largest absolute Gasteiger partial charge is 0.454 e. The zero-order valence-electron chi connectivity index (χ0n) is 26.1. The summed E-state index contributed by atoms with van der Waals surface area (Å²) in [6.07, 6.45) is 1.95. The smallest absolute Gasteiger partial charge is 0.161 e. The molecule has 9 rings (SSSR count). The molecule has 0 N–H and O–H groups in total. The predicted molar refractivity (Wildman–Crippen MR) is 200 cm³/mol. The molecule has 0 atom stereocenters. The Labute approximate surface area is 279 Å². The number of fused-ring (bicyclic) bond motifs is 5. The number of pyridine rings is 1. The molecule has 0 aliphatic rings. The van der Waals surface area contributed by atoms with Gasteiger partial charge in [-0.25, -0.2) is 0 Å². The molecular formula is C45H30N2O. The van der Waals surface area contributed by atoms with Crippen molar-refractivity contribution < 1.29 is 4.42 Å². The van der Waals surface area contributed by atoms with Gasteiger partial charge in [-0.2, -0.15) is 0 Å². The number of aromatic nitrogens is 1. The highest BCUT2D eigenvalue weighted by atomic mass is 16.3. The molecule has 0 saturated carbocycles. The van der Waals surface area contributed by atoms with Crippen LogP contribution in [0, 0.1) is 0 Å². The van der Waals surface area contributed by atoms with Gasteiger partial charge in [0.2, 0.25) is 0 Å². The molecule has 0 amide bonds. The van der Waals surface area contributed by atoms with Gasteiger partial charge in [-0.3, -0.25) is 4.98 Å². The first-order valence-corrected chi connectivity index (χ1v) is 16.2. The van der Waals surface area contributed by atoms with Crippen molar-refractivity contribution >= 4 is 49.9 Å². The van der Waals surface area contributed by atoms with Crippen molar-refractivity contribution in [1.29, 1.82) is 0 Å². The van der Waals surface area contributed by atoms with Gasteiger partial charge < -0.3 is 9.32 Å². The highest BCUT2D eigenvalue weighted by Crippen LogP contribution is 2.40. The Morgan fingerprint density at radius 3 is 1.65 bits per heavy atom. The first kappa shape index (κ1) is 27.8. The van der Waals surface area contributed by atoms with E-state index in [1.54, 1.807) is 0 Å². The maximum Gasteiger partial charge on any atom is 0.161 e. The van der Waals surface area contributed by atoms with Gasteiger partial charge in [-0.1, -0.05) is 127 Å². The van der Waals surface area contributed by atoms with E-state index in [0.717, 1.165) is 55.5 Å². The Morgan fingerprint density at radius 1 is 0.396 bits per heavy atom. The summed E-state index contributed by atoms with van der Waals surface area (Å²) in [7, 11) is 0. The van der Waals surface area contributed by atoms with Crippen LogP contribution in [0.5, 0.6) is 0 Å². The second kappa shape index (κ2) is 11.7. The van der Waals surface area contributed by atoms with Crippen LogP contribution < -0.4 is 4.90 Å². The highest BCUT2D eigenvalue weighted by molar-refractivity contribution is 6.13. The Bertz CT molecular complexity index is 2540. The van der Waals surface area contributed by atoms with Crippen molar-refractivity contribution in [2.75, 3.05) is 4.90 Å². The summed E-state index contributed by atoms with van der Waals surface area (Å²) < 4.78 is 6.41. The second-order valence-electron chi connectivity index (χ2n) is 12.0. The van der Waals surface area contributed by atoms with E-state index in [0.29, 0.717) is 0 Å². The number of nitrogens with zero attached hydrogens (tertiary/aromatic N) is 2. The Morgan fingerprint density at radius 2 is 0.938 bits per heavy atom. The third kappa shape index (κ3) is 4.99. The fraction of sp³-hybridized carbons (Fsp3) is 0. The molecule has 2 heterocycles. The van der Waals surface area contributed by atoms with E-state index in [9.17, 15) is 0 Å². The molecular weight excluding hydrogens is 585 g/mol. The summed E-state index contributed by atoms with van der Waals surface area (Å²) in [6.45, 7) is 0. The van der Waals surface area contributed by atoms with Crippen molar-refractivity contribution in [2.45, 2.75) is 0 Å². The molecule has 3 nitrogen and oxygen atoms in total. The maximum atomic E-state index is 6.41. The summed E-state index contributed by atoms with van der Waals surface area (Å²) in [5.74, 6) is 0. The van der Waals surface area contributed by atoms with Crippen LogP contribution in [0.2, 0.25) is 0 Å². The molecule has 226 valence electrons. The van der Waals surface area contributed by atoms with E-state index in [1.165, 1.54) is 27.8 Å². The minimum absolute atomic E-state index is 0.808. The third-order valence-corrected chi connectivity index (χ3v) is 9.10.